The SMILES string of the molecule is [N-]=[N+]=NCc1ccc(F)c(N)c1. The fourth-order valence-corrected chi connectivity index (χ4v) is 0.805. The second-order valence-corrected chi connectivity index (χ2v) is 2.24. The summed E-state index contributed by atoms with van der Waals surface area (Å²) in [5.41, 5.74) is 14.1. The number of nitrogen functional groups attached to an aromatic ring is 1. The third-order valence-corrected chi connectivity index (χ3v) is 1.38. The van der Waals surface area contributed by atoms with Gasteiger partial charge in [0.1, 0.15) is 5.82 Å². The number of hydrogen-bond donors (Lipinski definition) is 1. The lowest BCUT2D eigenvalue weighted by Crippen LogP contribution is -1.91. The third kappa shape index (κ3) is 1.87. The van der Waals surface area contributed by atoms with Crippen LogP contribution in [0.5, 0.6) is 0 Å². The summed E-state index contributed by atoms with van der Waals surface area (Å²) in [6, 6.07) is 4.22. The van der Waals surface area contributed by atoms with Gasteiger partial charge >= 0.3 is 0 Å². The predicted octanol–water partition coefficient (Wildman–Crippen LogP) is 2.22. The molecule has 0 aliphatic carbocycles. The average Bonchev–Trinajstić information content (AvgIpc) is 2.07. The molecule has 12 heavy (non-hydrogen) atoms. The van der Waals surface area contributed by atoms with Crippen LogP contribution < -0.4 is 5.73 Å². The molecule has 0 amide bonds. The fourth-order valence-electron chi connectivity index (χ4n) is 0.805. The first-order valence-electron chi connectivity index (χ1n) is 3.29. The molecule has 0 radical (unpaired) electrons. The third-order valence-electron chi connectivity index (χ3n) is 1.38. The molecule has 62 valence electrons. The van der Waals surface area contributed by atoms with Crippen LogP contribution in [0.15, 0.2) is 23.3 Å². The van der Waals surface area contributed by atoms with E-state index in [-0.39, 0.29) is 12.2 Å². The second-order valence-electron chi connectivity index (χ2n) is 2.24. The monoisotopic (exact) mass is 166 g/mol. The number of nitrogens with two attached hydrogens (primary N) is 1. The minimum Gasteiger partial charge on any atom is -0.396 e. The molecule has 0 saturated heterocycles. The summed E-state index contributed by atoms with van der Waals surface area (Å²) in [7, 11) is 0. The van der Waals surface area contributed by atoms with Gasteiger partial charge in [-0.15, -0.1) is 0 Å². The van der Waals surface area contributed by atoms with E-state index in [1.165, 1.54) is 18.2 Å². The highest BCUT2D eigenvalue weighted by atomic mass is 19.1. The van der Waals surface area contributed by atoms with Crippen LogP contribution in [0.2, 0.25) is 0 Å². The summed E-state index contributed by atoms with van der Waals surface area (Å²) < 4.78 is 12.6. The number of hydrogen-bond acceptors (Lipinski definition) is 2. The van der Waals surface area contributed by atoms with Crippen molar-refractivity contribution in [1.29, 1.82) is 0 Å². The quantitative estimate of drug-likeness (QED) is 0.311. The number of halogens is 1. The van der Waals surface area contributed by atoms with E-state index < -0.39 is 5.82 Å². The Morgan fingerprint density at radius 2 is 2.33 bits per heavy atom. The number of azide groups is 1. The van der Waals surface area contributed by atoms with Crippen LogP contribution >= 0.6 is 0 Å². The van der Waals surface area contributed by atoms with Crippen LogP contribution in [0.3, 0.4) is 0 Å². The van der Waals surface area contributed by atoms with Gasteiger partial charge in [0, 0.05) is 4.91 Å². The summed E-state index contributed by atoms with van der Waals surface area (Å²) in [5.74, 6) is -0.459. The van der Waals surface area contributed by atoms with Gasteiger partial charge in [-0.25, -0.2) is 4.39 Å². The van der Waals surface area contributed by atoms with Crippen molar-refractivity contribution in [2.45, 2.75) is 6.54 Å². The zero-order valence-electron chi connectivity index (χ0n) is 6.24. The second kappa shape index (κ2) is 3.59. The first-order valence-corrected chi connectivity index (χ1v) is 3.29. The van der Waals surface area contributed by atoms with Crippen molar-refractivity contribution in [3.05, 3.63) is 40.0 Å². The van der Waals surface area contributed by atoms with Crippen LogP contribution in [0.4, 0.5) is 10.1 Å². The smallest absolute Gasteiger partial charge is 0.146 e. The minimum absolute atomic E-state index is 0.0700. The molecule has 0 aliphatic rings. The standard InChI is InChI=1S/C7H7FN4/c8-6-2-1-5(3-7(6)9)4-11-12-10/h1-3H,4,9H2. The van der Waals surface area contributed by atoms with E-state index in [1.54, 1.807) is 0 Å². The molecule has 0 fully saturated rings. The van der Waals surface area contributed by atoms with Crippen molar-refractivity contribution in [1.82, 2.24) is 0 Å². The molecule has 0 aliphatic heterocycles. The number of anilines is 1. The molecule has 0 aromatic heterocycles. The van der Waals surface area contributed by atoms with Gasteiger partial charge in [-0.3, -0.25) is 0 Å². The zero-order chi connectivity index (χ0) is 8.97. The molecule has 0 spiro atoms. The van der Waals surface area contributed by atoms with Crippen LogP contribution in [-0.4, -0.2) is 0 Å². The van der Waals surface area contributed by atoms with Gasteiger partial charge in [0.05, 0.1) is 12.2 Å². The van der Waals surface area contributed by atoms with Gasteiger partial charge in [0.25, 0.3) is 0 Å². The molecule has 0 bridgehead atoms. The van der Waals surface area contributed by atoms with Crippen LogP contribution in [-0.2, 0) is 6.54 Å². The van der Waals surface area contributed by atoms with E-state index in [2.05, 4.69) is 10.0 Å². The number of nitrogens with zero attached hydrogens (tertiary/aromatic N) is 3. The molecule has 1 rings (SSSR count). The Bertz CT molecular complexity index is 330. The lowest BCUT2D eigenvalue weighted by Gasteiger charge is -1.98. The molecule has 0 atom stereocenters. The Kier molecular flexibility index (Phi) is 2.50. The van der Waals surface area contributed by atoms with E-state index in [1.807, 2.05) is 0 Å². The summed E-state index contributed by atoms with van der Waals surface area (Å²) in [6.07, 6.45) is 0. The van der Waals surface area contributed by atoms with Gasteiger partial charge in [0.2, 0.25) is 0 Å². The Morgan fingerprint density at radius 1 is 1.58 bits per heavy atom. The molecule has 4 nitrogen and oxygen atoms in total. The summed E-state index contributed by atoms with van der Waals surface area (Å²) in [5, 5.41) is 3.32. The van der Waals surface area contributed by atoms with Crippen molar-refractivity contribution in [2.75, 3.05) is 5.73 Å². The zero-order valence-corrected chi connectivity index (χ0v) is 6.24. The maximum absolute atomic E-state index is 12.6. The van der Waals surface area contributed by atoms with Gasteiger partial charge in [-0.2, -0.15) is 0 Å². The van der Waals surface area contributed by atoms with Crippen molar-refractivity contribution in [3.8, 4) is 0 Å². The van der Waals surface area contributed by atoms with Crippen LogP contribution in [0, 0.1) is 5.82 Å². The molecular formula is C7H7FN4. The molecular weight excluding hydrogens is 159 g/mol. The summed E-state index contributed by atoms with van der Waals surface area (Å²) in [6.45, 7) is 0.195. The highest BCUT2D eigenvalue weighted by Crippen LogP contribution is 2.12. The number of benzene rings is 1. The van der Waals surface area contributed by atoms with Gasteiger partial charge in [-0.1, -0.05) is 11.2 Å². The molecule has 1 aromatic rings. The molecule has 5 heteroatoms. The van der Waals surface area contributed by atoms with Crippen molar-refractivity contribution < 1.29 is 4.39 Å². The van der Waals surface area contributed by atoms with Gasteiger partial charge < -0.3 is 5.73 Å². The van der Waals surface area contributed by atoms with E-state index >= 15 is 0 Å². The lowest BCUT2D eigenvalue weighted by molar-refractivity contribution is 0.632. The maximum atomic E-state index is 12.6. The summed E-state index contributed by atoms with van der Waals surface area (Å²) in [4.78, 5) is 2.57. The largest absolute Gasteiger partial charge is 0.396 e. The molecule has 2 N–H and O–H groups in total. The molecule has 0 unspecified atom stereocenters. The fraction of sp³-hybridized carbons (Fsp3) is 0.143. The Morgan fingerprint density at radius 3 is 2.92 bits per heavy atom. The van der Waals surface area contributed by atoms with Crippen molar-refractivity contribution in [3.63, 3.8) is 0 Å². The maximum Gasteiger partial charge on any atom is 0.146 e. The van der Waals surface area contributed by atoms with Gasteiger partial charge in [-0.05, 0) is 23.2 Å². The van der Waals surface area contributed by atoms with E-state index in [0.717, 1.165) is 0 Å². The van der Waals surface area contributed by atoms with Crippen LogP contribution in [0.25, 0.3) is 10.4 Å². The van der Waals surface area contributed by atoms with E-state index in [4.69, 9.17) is 11.3 Å². The van der Waals surface area contributed by atoms with Crippen molar-refractivity contribution in [2.24, 2.45) is 5.11 Å². The average molecular weight is 166 g/mol. The Labute approximate surface area is 68.4 Å². The van der Waals surface area contributed by atoms with Crippen LogP contribution in [0.1, 0.15) is 5.56 Å². The topological polar surface area (TPSA) is 74.8 Å². The minimum atomic E-state index is -0.459. The normalized spacial score (nSPS) is 9.08. The first kappa shape index (κ1) is 8.36. The molecule has 0 saturated carbocycles. The first-order chi connectivity index (χ1) is 5.74. The molecule has 1 aromatic carbocycles. The van der Waals surface area contributed by atoms with Gasteiger partial charge in [0.15, 0.2) is 0 Å². The Balaban J connectivity index is 2.89. The van der Waals surface area contributed by atoms with E-state index in [9.17, 15) is 4.39 Å². The molecule has 0 heterocycles. The highest BCUT2D eigenvalue weighted by molar-refractivity contribution is 5.42. The summed E-state index contributed by atoms with van der Waals surface area (Å²) >= 11 is 0. The van der Waals surface area contributed by atoms with E-state index in [0.29, 0.717) is 5.56 Å². The predicted molar refractivity (Wildman–Crippen MR) is 43.7 cm³/mol. The lowest BCUT2D eigenvalue weighted by atomic mass is 10.2. The van der Waals surface area contributed by atoms with Crippen molar-refractivity contribution >= 4 is 5.69 Å². The Hall–Kier alpha value is -1.74. The highest BCUT2D eigenvalue weighted by Gasteiger charge is 1.97. The number of rotatable bonds is 2.